The highest BCUT2D eigenvalue weighted by molar-refractivity contribution is 5.43. The average molecular weight is 429 g/mol. The van der Waals surface area contributed by atoms with Crippen LogP contribution < -0.4 is 4.74 Å². The van der Waals surface area contributed by atoms with Gasteiger partial charge in [-0.25, -0.2) is 0 Å². The first-order valence-electron chi connectivity index (χ1n) is 11.6. The van der Waals surface area contributed by atoms with E-state index < -0.39 is 6.10 Å². The van der Waals surface area contributed by atoms with Crippen LogP contribution in [0.4, 0.5) is 0 Å². The molecular weight excluding hydrogens is 384 g/mol. The van der Waals surface area contributed by atoms with Crippen LogP contribution in [0.5, 0.6) is 5.75 Å². The first-order chi connectivity index (χ1) is 14.5. The predicted molar refractivity (Wildman–Crippen MR) is 133 cm³/mol. The maximum absolute atomic E-state index is 10.3. The van der Waals surface area contributed by atoms with E-state index in [-0.39, 0.29) is 23.5 Å². The van der Waals surface area contributed by atoms with E-state index in [1.165, 1.54) is 5.56 Å². The molecule has 1 N–H and O–H groups in total. The van der Waals surface area contributed by atoms with Gasteiger partial charge in [-0.2, -0.15) is 0 Å². The summed E-state index contributed by atoms with van der Waals surface area (Å²) in [6, 6.07) is 6.38. The molecule has 0 aromatic heterocycles. The summed E-state index contributed by atoms with van der Waals surface area (Å²) in [7, 11) is 0. The van der Waals surface area contributed by atoms with Crippen molar-refractivity contribution in [1.29, 1.82) is 0 Å². The molecule has 0 bridgehead atoms. The summed E-state index contributed by atoms with van der Waals surface area (Å²) >= 11 is 0. The second-order valence-corrected chi connectivity index (χ2v) is 9.39. The minimum Gasteiger partial charge on any atom is -0.491 e. The zero-order chi connectivity index (χ0) is 23.7. The normalized spacial score (nSPS) is 15.1. The molecule has 0 radical (unpaired) electrons. The molecule has 174 valence electrons. The molecule has 3 nitrogen and oxygen atoms in total. The molecule has 0 aliphatic carbocycles. The molecule has 2 atom stereocenters. The maximum Gasteiger partial charge on any atom is 0.122 e. The van der Waals surface area contributed by atoms with Gasteiger partial charge in [0.2, 0.25) is 0 Å². The topological polar surface area (TPSA) is 38.7 Å². The largest absolute Gasteiger partial charge is 0.491 e. The predicted octanol–water partition coefficient (Wildman–Crippen LogP) is 7.28. The van der Waals surface area contributed by atoms with Gasteiger partial charge in [0.05, 0.1) is 11.5 Å². The number of rotatable bonds is 12. The van der Waals surface area contributed by atoms with E-state index in [4.69, 9.17) is 9.47 Å². The van der Waals surface area contributed by atoms with Gasteiger partial charge in [-0.15, -0.1) is 0 Å². The van der Waals surface area contributed by atoms with Crippen molar-refractivity contribution in [3.8, 4) is 5.75 Å². The summed E-state index contributed by atoms with van der Waals surface area (Å²) < 4.78 is 12.3. The Hall–Kier alpha value is -2.00. The van der Waals surface area contributed by atoms with Crippen LogP contribution in [-0.2, 0) is 10.2 Å². The van der Waals surface area contributed by atoms with Crippen molar-refractivity contribution in [2.75, 3.05) is 6.61 Å². The van der Waals surface area contributed by atoms with Crippen molar-refractivity contribution in [2.45, 2.75) is 92.3 Å². The standard InChI is InChI=1S/C28H44O3/c1-10-14-15-16-26(31-22(6)11-2)28(12-3,13-4)23-17-18-24(21(5)19-23)30-20-25(29)27(7,8)9/h10-11,14,16-19,22,25,29H,2,12-13,15,20H2,1,3-9H3/b14-10+,26-16-. The number of hydrogen-bond donors (Lipinski definition) is 1. The molecule has 0 amide bonds. The Morgan fingerprint density at radius 3 is 2.32 bits per heavy atom. The Balaban J connectivity index is 3.31. The summed E-state index contributed by atoms with van der Waals surface area (Å²) in [5, 5.41) is 10.3. The zero-order valence-corrected chi connectivity index (χ0v) is 21.0. The summed E-state index contributed by atoms with van der Waals surface area (Å²) in [6.07, 6.45) is 10.4. The molecule has 1 aromatic rings. The number of aliphatic hydroxyl groups is 1. The van der Waals surface area contributed by atoms with E-state index in [9.17, 15) is 5.11 Å². The monoisotopic (exact) mass is 428 g/mol. The Morgan fingerprint density at radius 1 is 1.19 bits per heavy atom. The van der Waals surface area contributed by atoms with Crippen molar-refractivity contribution in [3.63, 3.8) is 0 Å². The van der Waals surface area contributed by atoms with Gasteiger partial charge >= 0.3 is 0 Å². The van der Waals surface area contributed by atoms with Crippen LogP contribution in [0, 0.1) is 12.3 Å². The van der Waals surface area contributed by atoms with Crippen molar-refractivity contribution < 1.29 is 14.6 Å². The SMILES string of the molecule is C=CC(C)O/C(=C\C/C=C/C)C(CC)(CC)c1ccc(OCC(O)C(C)(C)C)c(C)c1. The van der Waals surface area contributed by atoms with E-state index in [1.807, 2.05) is 46.8 Å². The van der Waals surface area contributed by atoms with Crippen LogP contribution in [0.2, 0.25) is 0 Å². The maximum atomic E-state index is 10.3. The van der Waals surface area contributed by atoms with Gasteiger partial charge in [0.1, 0.15) is 24.2 Å². The highest BCUT2D eigenvalue weighted by Crippen LogP contribution is 2.42. The Bertz CT molecular complexity index is 748. The molecule has 1 rings (SSSR count). The highest BCUT2D eigenvalue weighted by Gasteiger charge is 2.35. The van der Waals surface area contributed by atoms with Gasteiger partial charge in [-0.05, 0) is 68.7 Å². The molecule has 0 heterocycles. The van der Waals surface area contributed by atoms with Crippen LogP contribution >= 0.6 is 0 Å². The average Bonchev–Trinajstić information content (AvgIpc) is 2.73. The second-order valence-electron chi connectivity index (χ2n) is 9.39. The molecular formula is C28H44O3. The lowest BCUT2D eigenvalue weighted by molar-refractivity contribution is 0.0216. The van der Waals surface area contributed by atoms with Gasteiger partial charge in [-0.3, -0.25) is 0 Å². The number of allylic oxidation sites excluding steroid dienone is 4. The third-order valence-corrected chi connectivity index (χ3v) is 6.12. The van der Waals surface area contributed by atoms with Gasteiger partial charge in [-0.1, -0.05) is 71.6 Å². The fourth-order valence-electron chi connectivity index (χ4n) is 3.59. The summed E-state index contributed by atoms with van der Waals surface area (Å²) in [5.41, 5.74) is 1.86. The van der Waals surface area contributed by atoms with Gasteiger partial charge < -0.3 is 14.6 Å². The summed E-state index contributed by atoms with van der Waals surface area (Å²) in [6.45, 7) is 20.8. The third-order valence-electron chi connectivity index (χ3n) is 6.12. The first-order valence-corrected chi connectivity index (χ1v) is 11.6. The Morgan fingerprint density at radius 2 is 1.84 bits per heavy atom. The van der Waals surface area contributed by atoms with Crippen molar-refractivity contribution in [3.05, 3.63) is 66.0 Å². The molecule has 3 heteroatoms. The number of aryl methyl sites for hydroxylation is 1. The summed E-state index contributed by atoms with van der Waals surface area (Å²) in [5.74, 6) is 1.81. The summed E-state index contributed by atoms with van der Waals surface area (Å²) in [4.78, 5) is 0. The molecule has 0 fully saturated rings. The molecule has 31 heavy (non-hydrogen) atoms. The number of aliphatic hydroxyl groups excluding tert-OH is 1. The van der Waals surface area contributed by atoms with Crippen molar-refractivity contribution in [2.24, 2.45) is 5.41 Å². The van der Waals surface area contributed by atoms with Crippen LogP contribution in [0.25, 0.3) is 0 Å². The fourth-order valence-corrected chi connectivity index (χ4v) is 3.59. The van der Waals surface area contributed by atoms with Gasteiger partial charge in [0, 0.05) is 0 Å². The molecule has 1 aromatic carbocycles. The zero-order valence-electron chi connectivity index (χ0n) is 21.0. The molecule has 0 saturated heterocycles. The van der Waals surface area contributed by atoms with Crippen LogP contribution in [0.15, 0.2) is 54.8 Å². The molecule has 2 unspecified atom stereocenters. The minimum absolute atomic E-state index is 0.0584. The lowest BCUT2D eigenvalue weighted by atomic mass is 9.73. The van der Waals surface area contributed by atoms with Crippen LogP contribution in [-0.4, -0.2) is 23.9 Å². The molecule has 0 aliphatic rings. The van der Waals surface area contributed by atoms with Crippen molar-refractivity contribution in [1.82, 2.24) is 0 Å². The Labute approximate surface area is 190 Å². The lowest BCUT2D eigenvalue weighted by Crippen LogP contribution is -2.32. The molecule has 0 spiro atoms. The lowest BCUT2D eigenvalue weighted by Gasteiger charge is -2.36. The number of hydrogen-bond acceptors (Lipinski definition) is 3. The number of benzene rings is 1. The van der Waals surface area contributed by atoms with Crippen LogP contribution in [0.3, 0.4) is 0 Å². The highest BCUT2D eigenvalue weighted by atomic mass is 16.5. The van der Waals surface area contributed by atoms with Crippen molar-refractivity contribution >= 4 is 0 Å². The van der Waals surface area contributed by atoms with E-state index >= 15 is 0 Å². The van der Waals surface area contributed by atoms with E-state index in [0.29, 0.717) is 0 Å². The van der Waals surface area contributed by atoms with E-state index in [2.05, 4.69) is 57.7 Å². The Kier molecular flexibility index (Phi) is 10.6. The minimum atomic E-state index is -0.521. The van der Waals surface area contributed by atoms with Gasteiger partial charge in [0.25, 0.3) is 0 Å². The third kappa shape index (κ3) is 7.28. The van der Waals surface area contributed by atoms with Gasteiger partial charge in [0.15, 0.2) is 0 Å². The second kappa shape index (κ2) is 12.1. The fraction of sp³-hybridized carbons (Fsp3) is 0.571. The van der Waals surface area contributed by atoms with E-state index in [1.54, 1.807) is 0 Å². The molecule has 0 aliphatic heterocycles. The first kappa shape index (κ1) is 27.0. The van der Waals surface area contributed by atoms with Crippen LogP contribution in [0.1, 0.15) is 78.9 Å². The number of ether oxygens (including phenoxy) is 2. The quantitative estimate of drug-likeness (QED) is 0.281. The smallest absolute Gasteiger partial charge is 0.122 e. The van der Waals surface area contributed by atoms with E-state index in [0.717, 1.165) is 36.3 Å². The molecule has 0 saturated carbocycles.